The lowest BCUT2D eigenvalue weighted by molar-refractivity contribution is 0.634. The molecule has 1 aliphatic rings. The summed E-state index contributed by atoms with van der Waals surface area (Å²) in [5, 5.41) is 12.8. The van der Waals surface area contributed by atoms with Gasteiger partial charge in [-0.15, -0.1) is 11.3 Å². The summed E-state index contributed by atoms with van der Waals surface area (Å²) >= 11 is 1.89. The van der Waals surface area contributed by atoms with Crippen molar-refractivity contribution >= 4 is 91.7 Å². The van der Waals surface area contributed by atoms with Crippen LogP contribution in [0.3, 0.4) is 0 Å². The molecule has 0 unspecified atom stereocenters. The highest BCUT2D eigenvalue weighted by Crippen LogP contribution is 2.55. The van der Waals surface area contributed by atoms with Crippen molar-refractivity contribution in [2.24, 2.45) is 0 Å². The molecule has 63 heavy (non-hydrogen) atoms. The van der Waals surface area contributed by atoms with Gasteiger partial charge in [-0.2, -0.15) is 0 Å². The zero-order chi connectivity index (χ0) is 41.8. The third kappa shape index (κ3) is 5.56. The molecule has 0 radical (unpaired) electrons. The number of anilines is 3. The fourth-order valence-corrected chi connectivity index (χ4v) is 11.2. The summed E-state index contributed by atoms with van der Waals surface area (Å²) in [6, 6.07) is 70.2. The lowest BCUT2D eigenvalue weighted by Gasteiger charge is -2.42. The van der Waals surface area contributed by atoms with Crippen molar-refractivity contribution in [2.45, 2.75) is 19.3 Å². The van der Waals surface area contributed by atoms with Gasteiger partial charge in [-0.25, -0.2) is 15.0 Å². The molecule has 0 bridgehead atoms. The summed E-state index contributed by atoms with van der Waals surface area (Å²) in [5.41, 5.74) is 8.52. The molecule has 296 valence electrons. The van der Waals surface area contributed by atoms with Gasteiger partial charge in [-0.1, -0.05) is 159 Å². The maximum atomic E-state index is 5.13. The van der Waals surface area contributed by atoms with Gasteiger partial charge < -0.3 is 4.90 Å². The van der Waals surface area contributed by atoms with E-state index in [0.29, 0.717) is 17.5 Å². The van der Waals surface area contributed by atoms with Crippen molar-refractivity contribution in [3.63, 3.8) is 0 Å². The number of rotatable bonds is 4. The number of hydrogen-bond donors (Lipinski definition) is 0. The van der Waals surface area contributed by atoms with Crippen molar-refractivity contribution in [3.8, 4) is 34.2 Å². The number of hydrogen-bond acceptors (Lipinski definition) is 5. The number of aromatic nitrogens is 3. The van der Waals surface area contributed by atoms with Crippen LogP contribution in [0, 0.1) is 0 Å². The Morgan fingerprint density at radius 3 is 1.46 bits per heavy atom. The molecule has 0 aliphatic carbocycles. The summed E-state index contributed by atoms with van der Waals surface area (Å²) < 4.78 is 2.57. The van der Waals surface area contributed by atoms with Crippen molar-refractivity contribution in [2.75, 3.05) is 4.90 Å². The molecule has 0 fully saturated rings. The summed E-state index contributed by atoms with van der Waals surface area (Å²) in [4.78, 5) is 17.7. The fourth-order valence-electron chi connectivity index (χ4n) is 10.1. The van der Waals surface area contributed by atoms with Gasteiger partial charge >= 0.3 is 0 Å². The van der Waals surface area contributed by atoms with E-state index in [1.807, 2.05) is 47.7 Å². The largest absolute Gasteiger partial charge is 0.310 e. The Balaban J connectivity index is 1.05. The molecule has 4 nitrogen and oxygen atoms in total. The lowest BCUT2D eigenvalue weighted by Crippen LogP contribution is -2.30. The van der Waals surface area contributed by atoms with Crippen LogP contribution in [0.1, 0.15) is 25.0 Å². The maximum Gasteiger partial charge on any atom is 0.164 e. The van der Waals surface area contributed by atoms with E-state index in [1.54, 1.807) is 0 Å². The molecule has 5 heteroatoms. The summed E-state index contributed by atoms with van der Waals surface area (Å²) in [6.07, 6.45) is 0. The molecule has 0 amide bonds. The Labute approximate surface area is 368 Å². The normalized spacial score (nSPS) is 13.3. The average Bonchev–Trinajstić information content (AvgIpc) is 3.69. The standard InChI is InChI=1S/C58H38N4S/c1-58(2)49-29-37-20-9-10-21-38(37)30-51(49)62(40-23-15-22-39(28-40)57-60-55(35-16-5-3-6-17-35)59-56(61-57)36-18-7-4-8-19-36)52-34-54-48(32-50(52)58)47-31-45-43-26-13-11-24-41(43)42-25-12-14-27-44(42)46(45)33-53(47)63-54/h3-34H,1-2H3. The second kappa shape index (κ2) is 13.6. The van der Waals surface area contributed by atoms with Crippen LogP contribution in [0.15, 0.2) is 194 Å². The third-order valence-electron chi connectivity index (χ3n) is 13.2. The molecule has 0 spiro atoms. The molecular weight excluding hydrogens is 785 g/mol. The molecule has 0 saturated heterocycles. The van der Waals surface area contributed by atoms with Crippen LogP contribution < -0.4 is 4.90 Å². The number of fused-ring (bicyclic) bond motifs is 12. The predicted molar refractivity (Wildman–Crippen MR) is 266 cm³/mol. The summed E-state index contributed by atoms with van der Waals surface area (Å²) in [7, 11) is 0. The van der Waals surface area contributed by atoms with E-state index in [1.165, 1.54) is 85.8 Å². The van der Waals surface area contributed by atoms with Crippen LogP contribution in [-0.2, 0) is 5.41 Å². The highest BCUT2D eigenvalue weighted by atomic mass is 32.1. The minimum Gasteiger partial charge on any atom is -0.310 e. The molecular formula is C58H38N4S. The smallest absolute Gasteiger partial charge is 0.164 e. The summed E-state index contributed by atoms with van der Waals surface area (Å²) in [6.45, 7) is 4.79. The van der Waals surface area contributed by atoms with E-state index in [-0.39, 0.29) is 5.41 Å². The summed E-state index contributed by atoms with van der Waals surface area (Å²) in [5.74, 6) is 1.92. The Morgan fingerprint density at radius 1 is 0.365 bits per heavy atom. The van der Waals surface area contributed by atoms with Crippen molar-refractivity contribution in [1.29, 1.82) is 0 Å². The molecule has 10 aromatic carbocycles. The molecule has 2 aromatic heterocycles. The Hall–Kier alpha value is -7.73. The first-order chi connectivity index (χ1) is 31.0. The maximum absolute atomic E-state index is 5.13. The quantitative estimate of drug-likeness (QED) is 0.166. The zero-order valence-corrected chi connectivity index (χ0v) is 35.5. The first-order valence-corrected chi connectivity index (χ1v) is 22.3. The number of nitrogens with zero attached hydrogens (tertiary/aromatic N) is 4. The lowest BCUT2D eigenvalue weighted by atomic mass is 9.72. The van der Waals surface area contributed by atoms with Crippen molar-refractivity contribution in [3.05, 3.63) is 205 Å². The van der Waals surface area contributed by atoms with Gasteiger partial charge in [0, 0.05) is 48.0 Å². The van der Waals surface area contributed by atoms with Crippen molar-refractivity contribution < 1.29 is 0 Å². The van der Waals surface area contributed by atoms with Gasteiger partial charge in [0.1, 0.15) is 0 Å². The van der Waals surface area contributed by atoms with Gasteiger partial charge in [0.25, 0.3) is 0 Å². The minimum atomic E-state index is -0.297. The van der Waals surface area contributed by atoms with E-state index in [2.05, 4.69) is 176 Å². The second-order valence-corrected chi connectivity index (χ2v) is 18.3. The zero-order valence-electron chi connectivity index (χ0n) is 34.7. The molecule has 12 aromatic rings. The molecule has 0 N–H and O–H groups in total. The SMILES string of the molecule is CC1(C)c2cc3ccccc3cc2N(c2cccc(-c3nc(-c4ccccc4)nc(-c4ccccc4)n3)c2)c2cc3sc4cc5c6ccccc6c6ccccc6c5cc4c3cc21. The molecule has 0 saturated carbocycles. The van der Waals surface area contributed by atoms with Crippen LogP contribution >= 0.6 is 11.3 Å². The van der Waals surface area contributed by atoms with Gasteiger partial charge in [0.15, 0.2) is 17.5 Å². The van der Waals surface area contributed by atoms with Crippen LogP contribution in [-0.4, -0.2) is 15.0 Å². The highest BCUT2D eigenvalue weighted by molar-refractivity contribution is 7.26. The monoisotopic (exact) mass is 822 g/mol. The van der Waals surface area contributed by atoms with E-state index in [4.69, 9.17) is 15.0 Å². The van der Waals surface area contributed by atoms with Crippen LogP contribution in [0.5, 0.6) is 0 Å². The molecule has 13 rings (SSSR count). The van der Waals surface area contributed by atoms with Crippen LogP contribution in [0.25, 0.3) is 97.4 Å². The van der Waals surface area contributed by atoms with Gasteiger partial charge in [0.05, 0.1) is 11.4 Å². The van der Waals surface area contributed by atoms with Crippen LogP contribution in [0.4, 0.5) is 17.1 Å². The van der Waals surface area contributed by atoms with Crippen LogP contribution in [0.2, 0.25) is 0 Å². The number of thiophene rings is 1. The Morgan fingerprint density at radius 2 is 0.825 bits per heavy atom. The molecule has 1 aliphatic heterocycles. The topological polar surface area (TPSA) is 41.9 Å². The first kappa shape index (κ1) is 36.0. The van der Waals surface area contributed by atoms with E-state index in [0.717, 1.165) is 22.4 Å². The first-order valence-electron chi connectivity index (χ1n) is 21.5. The Kier molecular flexibility index (Phi) is 7.79. The van der Waals surface area contributed by atoms with E-state index < -0.39 is 0 Å². The van der Waals surface area contributed by atoms with Gasteiger partial charge in [-0.3, -0.25) is 0 Å². The average molecular weight is 823 g/mol. The fraction of sp³-hybridized carbons (Fsp3) is 0.0517. The van der Waals surface area contributed by atoms with Gasteiger partial charge in [-0.05, 0) is 103 Å². The third-order valence-corrected chi connectivity index (χ3v) is 14.3. The molecule has 3 heterocycles. The Bertz CT molecular complexity index is 3780. The van der Waals surface area contributed by atoms with Gasteiger partial charge in [0.2, 0.25) is 0 Å². The predicted octanol–water partition coefficient (Wildman–Crippen LogP) is 16.0. The van der Waals surface area contributed by atoms with E-state index in [9.17, 15) is 0 Å². The number of benzene rings is 10. The highest BCUT2D eigenvalue weighted by Gasteiger charge is 2.38. The van der Waals surface area contributed by atoms with Crippen molar-refractivity contribution in [1.82, 2.24) is 15.0 Å². The molecule has 0 atom stereocenters. The minimum absolute atomic E-state index is 0.297. The van der Waals surface area contributed by atoms with E-state index >= 15 is 0 Å². The second-order valence-electron chi connectivity index (χ2n) is 17.2.